The average Bonchev–Trinajstić information content (AvgIpc) is 2.87. The number of halogens is 1. The molecule has 0 fully saturated rings. The van der Waals surface area contributed by atoms with Gasteiger partial charge in [0.1, 0.15) is 12.4 Å². The van der Waals surface area contributed by atoms with Gasteiger partial charge in [0.15, 0.2) is 0 Å². The van der Waals surface area contributed by atoms with Crippen LogP contribution in [0.5, 0.6) is 5.75 Å². The first-order valence-corrected chi connectivity index (χ1v) is 11.4. The van der Waals surface area contributed by atoms with Gasteiger partial charge in [0, 0.05) is 46.8 Å². The maximum Gasteiger partial charge on any atom is 0.251 e. The van der Waals surface area contributed by atoms with Crippen LogP contribution in [-0.4, -0.2) is 10.9 Å². The van der Waals surface area contributed by atoms with Gasteiger partial charge >= 0.3 is 0 Å². The fraction of sp³-hybridized carbons (Fsp3) is 0.111. The number of benzene rings is 3. The van der Waals surface area contributed by atoms with E-state index in [4.69, 9.17) is 4.74 Å². The van der Waals surface area contributed by atoms with Gasteiger partial charge in [0.2, 0.25) is 0 Å². The van der Waals surface area contributed by atoms with Gasteiger partial charge in [-0.25, -0.2) is 0 Å². The second kappa shape index (κ2) is 11.3. The second-order valence-electron chi connectivity index (χ2n) is 7.50. The van der Waals surface area contributed by atoms with E-state index in [2.05, 4.69) is 31.5 Å². The first kappa shape index (κ1) is 22.6. The van der Waals surface area contributed by atoms with Crippen LogP contribution in [0.15, 0.2) is 102 Å². The number of carbonyl (C=O) groups is 1. The lowest BCUT2D eigenvalue weighted by atomic mass is 10.1. The number of nitrogens with zero attached hydrogens (tertiary/aromatic N) is 1. The maximum atomic E-state index is 12.4. The zero-order valence-electron chi connectivity index (χ0n) is 18.0. The number of anilines is 1. The predicted molar refractivity (Wildman–Crippen MR) is 134 cm³/mol. The lowest BCUT2D eigenvalue weighted by Crippen LogP contribution is -2.22. The maximum absolute atomic E-state index is 12.4. The molecule has 0 radical (unpaired) electrons. The number of carbonyl (C=O) groups excluding carboxylic acids is 1. The van der Waals surface area contributed by atoms with Crippen molar-refractivity contribution < 1.29 is 9.53 Å². The van der Waals surface area contributed by atoms with Crippen LogP contribution in [0.3, 0.4) is 0 Å². The highest BCUT2D eigenvalue weighted by atomic mass is 79.9. The summed E-state index contributed by atoms with van der Waals surface area (Å²) in [5.74, 6) is 0.718. The molecule has 1 aromatic heterocycles. The van der Waals surface area contributed by atoms with E-state index in [1.165, 1.54) is 0 Å². The molecule has 166 valence electrons. The van der Waals surface area contributed by atoms with Gasteiger partial charge in [0.05, 0.1) is 0 Å². The molecule has 0 aliphatic heterocycles. The largest absolute Gasteiger partial charge is 0.489 e. The van der Waals surface area contributed by atoms with Crippen LogP contribution >= 0.6 is 15.9 Å². The standard InChI is InChI=1S/C27H24BrN3O2/c28-24-10-13-26(33-19-20-5-2-1-3-6-20)23(15-24)18-30-25-11-8-22(9-12-25)27(32)31-17-21-7-4-14-29-16-21/h1-16,30H,17-19H2,(H,31,32). The van der Waals surface area contributed by atoms with E-state index in [0.717, 1.165) is 32.6 Å². The number of nitrogens with one attached hydrogen (secondary N) is 2. The fourth-order valence-corrected chi connectivity index (χ4v) is 3.69. The minimum absolute atomic E-state index is 0.117. The zero-order chi connectivity index (χ0) is 22.9. The number of hydrogen-bond donors (Lipinski definition) is 2. The molecule has 0 saturated carbocycles. The zero-order valence-corrected chi connectivity index (χ0v) is 19.6. The Labute approximate surface area is 202 Å². The van der Waals surface area contributed by atoms with Crippen molar-refractivity contribution in [2.75, 3.05) is 5.32 Å². The number of ether oxygens (including phenoxy) is 1. The van der Waals surface area contributed by atoms with E-state index in [1.54, 1.807) is 12.4 Å². The third-order valence-electron chi connectivity index (χ3n) is 5.07. The van der Waals surface area contributed by atoms with Crippen molar-refractivity contribution in [3.8, 4) is 5.75 Å². The molecule has 0 unspecified atom stereocenters. The summed E-state index contributed by atoms with van der Waals surface area (Å²) in [4.78, 5) is 16.5. The first-order chi connectivity index (χ1) is 16.2. The molecule has 0 atom stereocenters. The molecular formula is C27H24BrN3O2. The smallest absolute Gasteiger partial charge is 0.251 e. The first-order valence-electron chi connectivity index (χ1n) is 10.6. The lowest BCUT2D eigenvalue weighted by Gasteiger charge is -2.14. The summed E-state index contributed by atoms with van der Waals surface area (Å²) in [7, 11) is 0. The van der Waals surface area contributed by atoms with Crippen LogP contribution in [0.4, 0.5) is 5.69 Å². The highest BCUT2D eigenvalue weighted by Crippen LogP contribution is 2.25. The molecule has 3 aromatic carbocycles. The summed E-state index contributed by atoms with van der Waals surface area (Å²) in [5.41, 5.74) is 4.66. The van der Waals surface area contributed by atoms with Crippen molar-refractivity contribution in [2.45, 2.75) is 19.7 Å². The molecule has 4 rings (SSSR count). The van der Waals surface area contributed by atoms with E-state index in [1.807, 2.05) is 84.9 Å². The van der Waals surface area contributed by atoms with Gasteiger partial charge in [-0.15, -0.1) is 0 Å². The minimum Gasteiger partial charge on any atom is -0.489 e. The number of rotatable bonds is 9. The van der Waals surface area contributed by atoms with E-state index in [-0.39, 0.29) is 5.91 Å². The Morgan fingerprint density at radius 1 is 0.879 bits per heavy atom. The summed E-state index contributed by atoms with van der Waals surface area (Å²) < 4.78 is 7.05. The van der Waals surface area contributed by atoms with Gasteiger partial charge in [-0.2, -0.15) is 0 Å². The third-order valence-corrected chi connectivity index (χ3v) is 5.56. The number of pyridine rings is 1. The molecule has 1 amide bonds. The fourth-order valence-electron chi connectivity index (χ4n) is 3.29. The van der Waals surface area contributed by atoms with Crippen molar-refractivity contribution in [1.82, 2.24) is 10.3 Å². The van der Waals surface area contributed by atoms with Crippen LogP contribution in [0.1, 0.15) is 27.0 Å². The van der Waals surface area contributed by atoms with Crippen molar-refractivity contribution in [3.05, 3.63) is 124 Å². The Hall–Kier alpha value is -3.64. The topological polar surface area (TPSA) is 63.2 Å². The SMILES string of the molecule is O=C(NCc1cccnc1)c1ccc(NCc2cc(Br)ccc2OCc2ccccc2)cc1. The molecule has 0 aliphatic rings. The average molecular weight is 502 g/mol. The predicted octanol–water partition coefficient (Wildman–Crippen LogP) is 5.97. The van der Waals surface area contributed by atoms with Crippen LogP contribution in [0.25, 0.3) is 0 Å². The minimum atomic E-state index is -0.117. The Balaban J connectivity index is 1.34. The molecule has 6 heteroatoms. The van der Waals surface area contributed by atoms with Crippen molar-refractivity contribution in [3.63, 3.8) is 0 Å². The Morgan fingerprint density at radius 2 is 1.67 bits per heavy atom. The van der Waals surface area contributed by atoms with Crippen molar-refractivity contribution >= 4 is 27.5 Å². The Morgan fingerprint density at radius 3 is 2.42 bits per heavy atom. The Kier molecular flexibility index (Phi) is 7.72. The van der Waals surface area contributed by atoms with E-state index in [0.29, 0.717) is 25.3 Å². The molecule has 33 heavy (non-hydrogen) atoms. The summed E-state index contributed by atoms with van der Waals surface area (Å²) in [5, 5.41) is 6.32. The summed E-state index contributed by atoms with van der Waals surface area (Å²) >= 11 is 3.54. The number of hydrogen-bond acceptors (Lipinski definition) is 4. The van der Waals surface area contributed by atoms with Crippen molar-refractivity contribution in [2.24, 2.45) is 0 Å². The molecule has 5 nitrogen and oxygen atoms in total. The van der Waals surface area contributed by atoms with E-state index < -0.39 is 0 Å². The molecule has 0 bridgehead atoms. The van der Waals surface area contributed by atoms with Crippen LogP contribution in [-0.2, 0) is 19.7 Å². The Bertz CT molecular complexity index is 1180. The molecule has 2 N–H and O–H groups in total. The number of amides is 1. The molecule has 1 heterocycles. The van der Waals surface area contributed by atoms with E-state index in [9.17, 15) is 4.79 Å². The summed E-state index contributed by atoms with van der Waals surface area (Å²) in [6, 6.07) is 27.3. The third kappa shape index (κ3) is 6.67. The highest BCUT2D eigenvalue weighted by molar-refractivity contribution is 9.10. The summed E-state index contributed by atoms with van der Waals surface area (Å²) in [6.45, 7) is 1.55. The van der Waals surface area contributed by atoms with Gasteiger partial charge < -0.3 is 15.4 Å². The second-order valence-corrected chi connectivity index (χ2v) is 8.42. The summed E-state index contributed by atoms with van der Waals surface area (Å²) in [6.07, 6.45) is 3.45. The molecule has 0 aliphatic carbocycles. The quantitative estimate of drug-likeness (QED) is 0.296. The molecular weight excluding hydrogens is 478 g/mol. The monoisotopic (exact) mass is 501 g/mol. The van der Waals surface area contributed by atoms with Gasteiger partial charge in [-0.1, -0.05) is 52.3 Å². The lowest BCUT2D eigenvalue weighted by molar-refractivity contribution is 0.0951. The molecule has 0 saturated heterocycles. The highest BCUT2D eigenvalue weighted by Gasteiger charge is 2.08. The van der Waals surface area contributed by atoms with Gasteiger partial charge in [0.25, 0.3) is 5.91 Å². The van der Waals surface area contributed by atoms with Gasteiger partial charge in [-0.3, -0.25) is 9.78 Å². The van der Waals surface area contributed by atoms with Crippen LogP contribution in [0, 0.1) is 0 Å². The van der Waals surface area contributed by atoms with Crippen LogP contribution in [0.2, 0.25) is 0 Å². The molecule has 4 aromatic rings. The van der Waals surface area contributed by atoms with E-state index >= 15 is 0 Å². The number of aromatic nitrogens is 1. The molecule has 0 spiro atoms. The van der Waals surface area contributed by atoms with Gasteiger partial charge in [-0.05, 0) is 59.7 Å². The normalized spacial score (nSPS) is 10.5. The van der Waals surface area contributed by atoms with Crippen molar-refractivity contribution in [1.29, 1.82) is 0 Å². The van der Waals surface area contributed by atoms with Crippen LogP contribution < -0.4 is 15.4 Å².